The normalized spacial score (nSPS) is 11.2. The number of para-hydroxylation sites is 2. The van der Waals surface area contributed by atoms with Gasteiger partial charge in [-0.1, -0.05) is 18.2 Å². The van der Waals surface area contributed by atoms with Crippen LogP contribution in [-0.2, 0) is 10.0 Å². The highest BCUT2D eigenvalue weighted by Crippen LogP contribution is 2.33. The molecular formula is C13H12Br2N2O2S. The molecular weight excluding hydrogens is 408 g/mol. The molecule has 106 valence electrons. The SMILES string of the molecule is CNc1ccccc1S(=O)(=O)Nc1c(Br)cccc1Br. The summed E-state index contributed by atoms with van der Waals surface area (Å²) in [6, 6.07) is 12.1. The first-order valence-corrected chi connectivity index (χ1v) is 8.76. The maximum atomic E-state index is 12.5. The van der Waals surface area contributed by atoms with E-state index in [4.69, 9.17) is 0 Å². The van der Waals surface area contributed by atoms with Gasteiger partial charge in [0.1, 0.15) is 4.90 Å². The average molecular weight is 420 g/mol. The molecule has 0 unspecified atom stereocenters. The summed E-state index contributed by atoms with van der Waals surface area (Å²) in [5.74, 6) is 0. The van der Waals surface area contributed by atoms with Crippen molar-refractivity contribution in [2.45, 2.75) is 4.90 Å². The van der Waals surface area contributed by atoms with Gasteiger partial charge in [-0.3, -0.25) is 4.72 Å². The van der Waals surface area contributed by atoms with E-state index in [9.17, 15) is 8.42 Å². The Kier molecular flexibility index (Phi) is 4.72. The van der Waals surface area contributed by atoms with E-state index in [-0.39, 0.29) is 4.90 Å². The van der Waals surface area contributed by atoms with Crippen LogP contribution < -0.4 is 10.0 Å². The van der Waals surface area contributed by atoms with Crippen LogP contribution in [0.5, 0.6) is 0 Å². The molecule has 0 aromatic heterocycles. The summed E-state index contributed by atoms with van der Waals surface area (Å²) in [4.78, 5) is 0.199. The Balaban J connectivity index is 2.47. The van der Waals surface area contributed by atoms with E-state index in [1.54, 1.807) is 43.4 Å². The minimum Gasteiger partial charge on any atom is -0.387 e. The van der Waals surface area contributed by atoms with Crippen LogP contribution in [0.4, 0.5) is 11.4 Å². The van der Waals surface area contributed by atoms with Crippen LogP contribution in [0, 0.1) is 0 Å². The predicted octanol–water partition coefficient (Wildman–Crippen LogP) is 4.05. The zero-order valence-electron chi connectivity index (χ0n) is 10.5. The molecule has 0 saturated heterocycles. The maximum absolute atomic E-state index is 12.5. The van der Waals surface area contributed by atoms with Crippen molar-refractivity contribution in [2.24, 2.45) is 0 Å². The van der Waals surface area contributed by atoms with Gasteiger partial charge in [0, 0.05) is 16.0 Å². The summed E-state index contributed by atoms with van der Waals surface area (Å²) in [5.41, 5.74) is 1.02. The molecule has 0 aliphatic carbocycles. The number of sulfonamides is 1. The van der Waals surface area contributed by atoms with Gasteiger partial charge in [0.25, 0.3) is 10.0 Å². The summed E-state index contributed by atoms with van der Waals surface area (Å²) < 4.78 is 28.9. The van der Waals surface area contributed by atoms with Crippen LogP contribution >= 0.6 is 31.9 Å². The highest BCUT2D eigenvalue weighted by Gasteiger charge is 2.20. The Morgan fingerprint density at radius 3 is 2.15 bits per heavy atom. The lowest BCUT2D eigenvalue weighted by Gasteiger charge is -2.14. The molecule has 0 aliphatic rings. The third-order valence-corrected chi connectivity index (χ3v) is 5.37. The monoisotopic (exact) mass is 418 g/mol. The lowest BCUT2D eigenvalue weighted by molar-refractivity contribution is 0.601. The second-order valence-corrected chi connectivity index (χ2v) is 7.31. The van der Waals surface area contributed by atoms with Gasteiger partial charge in [-0.15, -0.1) is 0 Å². The quantitative estimate of drug-likeness (QED) is 0.785. The number of hydrogen-bond donors (Lipinski definition) is 2. The standard InChI is InChI=1S/C13H12Br2N2O2S/c1-16-11-7-2-3-8-12(11)20(18,19)17-13-9(14)5-4-6-10(13)15/h2-8,16-17H,1H3. The average Bonchev–Trinajstić information content (AvgIpc) is 2.43. The minimum absolute atomic E-state index is 0.199. The van der Waals surface area contributed by atoms with Gasteiger partial charge in [0.2, 0.25) is 0 Å². The van der Waals surface area contributed by atoms with Crippen molar-refractivity contribution < 1.29 is 8.42 Å². The molecule has 2 N–H and O–H groups in total. The van der Waals surface area contributed by atoms with Crippen LogP contribution in [0.2, 0.25) is 0 Å². The molecule has 0 heterocycles. The number of halogens is 2. The fourth-order valence-electron chi connectivity index (χ4n) is 1.69. The molecule has 20 heavy (non-hydrogen) atoms. The highest BCUT2D eigenvalue weighted by molar-refractivity contribution is 9.11. The van der Waals surface area contributed by atoms with Gasteiger partial charge >= 0.3 is 0 Å². The van der Waals surface area contributed by atoms with Crippen molar-refractivity contribution >= 4 is 53.3 Å². The molecule has 0 fully saturated rings. The molecule has 2 rings (SSSR count). The van der Waals surface area contributed by atoms with E-state index in [0.29, 0.717) is 20.3 Å². The van der Waals surface area contributed by atoms with Crippen LogP contribution in [0.3, 0.4) is 0 Å². The van der Waals surface area contributed by atoms with Gasteiger partial charge in [-0.2, -0.15) is 0 Å². The van der Waals surface area contributed by atoms with Crippen LogP contribution in [0.15, 0.2) is 56.3 Å². The van der Waals surface area contributed by atoms with E-state index in [2.05, 4.69) is 41.9 Å². The zero-order valence-corrected chi connectivity index (χ0v) is 14.5. The second-order valence-electron chi connectivity index (χ2n) is 3.95. The lowest BCUT2D eigenvalue weighted by atomic mass is 10.3. The second kappa shape index (κ2) is 6.15. The Bertz CT molecular complexity index is 713. The number of benzene rings is 2. The Morgan fingerprint density at radius 2 is 1.55 bits per heavy atom. The Labute approximate surface area is 134 Å². The third kappa shape index (κ3) is 3.16. The van der Waals surface area contributed by atoms with Crippen LogP contribution in [-0.4, -0.2) is 15.5 Å². The molecule has 0 atom stereocenters. The third-order valence-electron chi connectivity index (χ3n) is 2.65. The first-order valence-electron chi connectivity index (χ1n) is 5.69. The van der Waals surface area contributed by atoms with Gasteiger partial charge in [-0.05, 0) is 56.1 Å². The molecule has 0 aliphatic heterocycles. The van der Waals surface area contributed by atoms with Crippen molar-refractivity contribution in [1.29, 1.82) is 0 Å². The van der Waals surface area contributed by atoms with Crippen LogP contribution in [0.1, 0.15) is 0 Å². The van der Waals surface area contributed by atoms with Crippen molar-refractivity contribution in [3.8, 4) is 0 Å². The fourth-order valence-corrected chi connectivity index (χ4v) is 4.47. The number of nitrogens with one attached hydrogen (secondary N) is 2. The van der Waals surface area contributed by atoms with Gasteiger partial charge < -0.3 is 5.32 Å². The summed E-state index contributed by atoms with van der Waals surface area (Å²) in [6.45, 7) is 0. The summed E-state index contributed by atoms with van der Waals surface area (Å²) in [6.07, 6.45) is 0. The zero-order chi connectivity index (χ0) is 14.8. The number of rotatable bonds is 4. The van der Waals surface area contributed by atoms with Crippen LogP contribution in [0.25, 0.3) is 0 Å². The van der Waals surface area contributed by atoms with Gasteiger partial charge in [0.05, 0.1) is 11.4 Å². The molecule has 0 bridgehead atoms. The smallest absolute Gasteiger partial charge is 0.264 e. The lowest BCUT2D eigenvalue weighted by Crippen LogP contribution is -2.15. The molecule has 7 heteroatoms. The van der Waals surface area contributed by atoms with E-state index in [0.717, 1.165) is 0 Å². The number of hydrogen-bond acceptors (Lipinski definition) is 3. The molecule has 2 aromatic carbocycles. The molecule has 0 saturated carbocycles. The van der Waals surface area contributed by atoms with E-state index < -0.39 is 10.0 Å². The van der Waals surface area contributed by atoms with Gasteiger partial charge in [-0.25, -0.2) is 8.42 Å². The first-order chi connectivity index (χ1) is 9.45. The van der Waals surface area contributed by atoms with Gasteiger partial charge in [0.15, 0.2) is 0 Å². The molecule has 0 spiro atoms. The molecule has 4 nitrogen and oxygen atoms in total. The highest BCUT2D eigenvalue weighted by atomic mass is 79.9. The van der Waals surface area contributed by atoms with E-state index >= 15 is 0 Å². The van der Waals surface area contributed by atoms with E-state index in [1.165, 1.54) is 0 Å². The summed E-state index contributed by atoms with van der Waals surface area (Å²) >= 11 is 6.67. The topological polar surface area (TPSA) is 58.2 Å². The minimum atomic E-state index is -3.67. The fraction of sp³-hybridized carbons (Fsp3) is 0.0769. The predicted molar refractivity (Wildman–Crippen MR) is 88.6 cm³/mol. The van der Waals surface area contributed by atoms with E-state index in [1.807, 2.05) is 6.07 Å². The Morgan fingerprint density at radius 1 is 0.950 bits per heavy atom. The molecule has 2 aromatic rings. The molecule has 0 radical (unpaired) electrons. The van der Waals surface area contributed by atoms with Crippen molar-refractivity contribution in [3.05, 3.63) is 51.4 Å². The van der Waals surface area contributed by atoms with Crippen molar-refractivity contribution in [2.75, 3.05) is 17.1 Å². The summed E-state index contributed by atoms with van der Waals surface area (Å²) in [7, 11) is -1.99. The number of anilines is 2. The van der Waals surface area contributed by atoms with Crippen molar-refractivity contribution in [3.63, 3.8) is 0 Å². The van der Waals surface area contributed by atoms with Crippen molar-refractivity contribution in [1.82, 2.24) is 0 Å². The molecule has 0 amide bonds. The summed E-state index contributed by atoms with van der Waals surface area (Å²) in [5, 5.41) is 2.87. The Hall–Kier alpha value is -1.05. The first kappa shape index (κ1) is 15.3. The largest absolute Gasteiger partial charge is 0.387 e. The maximum Gasteiger partial charge on any atom is 0.264 e.